The van der Waals surface area contributed by atoms with Crippen molar-refractivity contribution in [3.8, 4) is 0 Å². The Hall–Kier alpha value is -1.55. The molecule has 106 valence electrons. The zero-order valence-corrected chi connectivity index (χ0v) is 13.0. The number of rotatable bonds is 6. The van der Waals surface area contributed by atoms with E-state index in [-0.39, 0.29) is 5.78 Å². The normalized spacial score (nSPS) is 11.0. The molecule has 2 aromatic rings. The summed E-state index contributed by atoms with van der Waals surface area (Å²) in [5, 5.41) is 4.41. The van der Waals surface area contributed by atoms with Gasteiger partial charge in [-0.1, -0.05) is 18.2 Å². The second kappa shape index (κ2) is 6.75. The maximum Gasteiger partial charge on any atom is 0.149 e. The topological polar surface area (TPSA) is 34.9 Å². The highest BCUT2D eigenvalue weighted by atomic mass is 32.2. The molecule has 0 bridgehead atoms. The summed E-state index contributed by atoms with van der Waals surface area (Å²) >= 11 is 1.60. The molecule has 0 aliphatic heterocycles. The number of carbonyl (C=O) groups excluding carboxylic acids is 1. The summed E-state index contributed by atoms with van der Waals surface area (Å²) in [6.45, 7) is 6.22. The van der Waals surface area contributed by atoms with E-state index in [1.54, 1.807) is 11.8 Å². The Morgan fingerprint density at radius 1 is 1.30 bits per heavy atom. The number of aryl methyl sites for hydroxylation is 1. The van der Waals surface area contributed by atoms with Crippen LogP contribution in [0.25, 0.3) is 0 Å². The number of carbonyl (C=O) groups is 1. The summed E-state index contributed by atoms with van der Waals surface area (Å²) in [5.74, 6) is 0.714. The van der Waals surface area contributed by atoms with Crippen molar-refractivity contribution >= 4 is 17.5 Å². The van der Waals surface area contributed by atoms with Crippen molar-refractivity contribution in [2.24, 2.45) is 0 Å². The van der Waals surface area contributed by atoms with Gasteiger partial charge in [-0.2, -0.15) is 5.10 Å². The average molecular weight is 288 g/mol. The number of Topliss-reactive ketones (excluding diaryl/α,β-unsaturated/α-hetero) is 1. The lowest BCUT2D eigenvalue weighted by Crippen LogP contribution is -2.08. The van der Waals surface area contributed by atoms with Gasteiger partial charge in [0.15, 0.2) is 0 Å². The van der Waals surface area contributed by atoms with E-state index in [0.29, 0.717) is 18.2 Å². The quantitative estimate of drug-likeness (QED) is 0.761. The fourth-order valence-electron chi connectivity index (χ4n) is 1.89. The molecule has 20 heavy (non-hydrogen) atoms. The standard InChI is InChI=1S/C16H20N2OS/c1-12(2)18-9-8-14(17-18)10-15(19)11-20-16-7-5-4-6-13(16)3/h4-9,12H,10-11H2,1-3H3. The molecule has 0 aliphatic rings. The minimum absolute atomic E-state index is 0.215. The van der Waals surface area contributed by atoms with E-state index >= 15 is 0 Å². The largest absolute Gasteiger partial charge is 0.298 e. The first kappa shape index (κ1) is 14.9. The summed E-state index contributed by atoms with van der Waals surface area (Å²) in [4.78, 5) is 13.2. The van der Waals surface area contributed by atoms with Crippen LogP contribution in [0.3, 0.4) is 0 Å². The van der Waals surface area contributed by atoms with Crippen LogP contribution >= 0.6 is 11.8 Å². The predicted octanol–water partition coefficient (Wildman–Crippen LogP) is 3.68. The first-order valence-corrected chi connectivity index (χ1v) is 7.79. The molecule has 3 nitrogen and oxygen atoms in total. The maximum absolute atomic E-state index is 12.0. The highest BCUT2D eigenvalue weighted by Gasteiger charge is 2.09. The van der Waals surface area contributed by atoms with Crippen LogP contribution in [0.2, 0.25) is 0 Å². The Bertz CT molecular complexity index is 590. The molecular weight excluding hydrogens is 268 g/mol. The average Bonchev–Trinajstić information content (AvgIpc) is 2.86. The molecule has 0 saturated heterocycles. The van der Waals surface area contributed by atoms with E-state index in [4.69, 9.17) is 0 Å². The van der Waals surface area contributed by atoms with Gasteiger partial charge in [0.2, 0.25) is 0 Å². The van der Waals surface area contributed by atoms with Gasteiger partial charge in [0, 0.05) is 17.1 Å². The molecule has 0 amide bonds. The highest BCUT2D eigenvalue weighted by molar-refractivity contribution is 8.00. The first-order valence-electron chi connectivity index (χ1n) is 6.80. The molecule has 2 rings (SSSR count). The molecular formula is C16H20N2OS. The third-order valence-corrected chi connectivity index (χ3v) is 4.29. The van der Waals surface area contributed by atoms with Crippen molar-refractivity contribution in [1.82, 2.24) is 9.78 Å². The molecule has 0 spiro atoms. The zero-order valence-electron chi connectivity index (χ0n) is 12.2. The molecule has 0 N–H and O–H groups in total. The summed E-state index contributed by atoms with van der Waals surface area (Å²) in [6.07, 6.45) is 2.35. The van der Waals surface area contributed by atoms with Gasteiger partial charge >= 0.3 is 0 Å². The van der Waals surface area contributed by atoms with Crippen LogP contribution < -0.4 is 0 Å². The summed E-state index contributed by atoms with van der Waals surface area (Å²) in [6, 6.07) is 10.4. The number of benzene rings is 1. The monoisotopic (exact) mass is 288 g/mol. The van der Waals surface area contributed by atoms with Crippen molar-refractivity contribution in [3.05, 3.63) is 47.8 Å². The minimum Gasteiger partial charge on any atom is -0.298 e. The maximum atomic E-state index is 12.0. The van der Waals surface area contributed by atoms with Crippen molar-refractivity contribution < 1.29 is 4.79 Å². The number of aromatic nitrogens is 2. The van der Waals surface area contributed by atoms with Gasteiger partial charge in [-0.05, 0) is 38.5 Å². The Balaban J connectivity index is 1.88. The van der Waals surface area contributed by atoms with E-state index in [2.05, 4.69) is 38.0 Å². The number of nitrogens with zero attached hydrogens (tertiary/aromatic N) is 2. The molecule has 1 heterocycles. The van der Waals surface area contributed by atoms with E-state index in [0.717, 1.165) is 5.69 Å². The van der Waals surface area contributed by atoms with Crippen LogP contribution in [-0.2, 0) is 11.2 Å². The fraction of sp³-hybridized carbons (Fsp3) is 0.375. The molecule has 0 aliphatic carbocycles. The molecule has 0 fully saturated rings. The Morgan fingerprint density at radius 3 is 2.70 bits per heavy atom. The SMILES string of the molecule is Cc1ccccc1SCC(=O)Cc1ccn(C(C)C)n1. The van der Waals surface area contributed by atoms with Gasteiger partial charge in [0.25, 0.3) is 0 Å². The first-order chi connectivity index (χ1) is 9.56. The molecule has 0 saturated carbocycles. The van der Waals surface area contributed by atoms with Crippen LogP contribution in [0.1, 0.15) is 31.1 Å². The molecule has 0 atom stereocenters. The van der Waals surface area contributed by atoms with Crippen LogP contribution in [0, 0.1) is 6.92 Å². The van der Waals surface area contributed by atoms with Crippen LogP contribution in [0.15, 0.2) is 41.4 Å². The third-order valence-electron chi connectivity index (χ3n) is 3.05. The lowest BCUT2D eigenvalue weighted by atomic mass is 10.2. The lowest BCUT2D eigenvalue weighted by Gasteiger charge is -2.05. The molecule has 0 unspecified atom stereocenters. The van der Waals surface area contributed by atoms with Crippen LogP contribution in [0.5, 0.6) is 0 Å². The van der Waals surface area contributed by atoms with Gasteiger partial charge in [0.05, 0.1) is 17.9 Å². The van der Waals surface area contributed by atoms with Crippen molar-refractivity contribution in [1.29, 1.82) is 0 Å². The molecule has 1 aromatic carbocycles. The summed E-state index contributed by atoms with van der Waals surface area (Å²) in [5.41, 5.74) is 2.07. The van der Waals surface area contributed by atoms with Crippen LogP contribution in [0.4, 0.5) is 0 Å². The van der Waals surface area contributed by atoms with Crippen LogP contribution in [-0.4, -0.2) is 21.3 Å². The van der Waals surface area contributed by atoms with Gasteiger partial charge in [0.1, 0.15) is 5.78 Å². The molecule has 4 heteroatoms. The number of hydrogen-bond acceptors (Lipinski definition) is 3. The van der Waals surface area contributed by atoms with Gasteiger partial charge in [-0.15, -0.1) is 11.8 Å². The Kier molecular flexibility index (Phi) is 5.01. The predicted molar refractivity (Wildman–Crippen MR) is 83.2 cm³/mol. The van der Waals surface area contributed by atoms with E-state index in [9.17, 15) is 4.79 Å². The number of ketones is 1. The smallest absolute Gasteiger partial charge is 0.149 e. The highest BCUT2D eigenvalue weighted by Crippen LogP contribution is 2.22. The third kappa shape index (κ3) is 3.97. The van der Waals surface area contributed by atoms with Crippen molar-refractivity contribution in [2.75, 3.05) is 5.75 Å². The second-order valence-electron chi connectivity index (χ2n) is 5.15. The Labute approximate surface area is 124 Å². The minimum atomic E-state index is 0.215. The summed E-state index contributed by atoms with van der Waals surface area (Å²) < 4.78 is 1.89. The second-order valence-corrected chi connectivity index (χ2v) is 6.17. The van der Waals surface area contributed by atoms with E-state index < -0.39 is 0 Å². The molecule has 0 radical (unpaired) electrons. The lowest BCUT2D eigenvalue weighted by molar-refractivity contribution is -0.116. The van der Waals surface area contributed by atoms with E-state index in [1.807, 2.05) is 29.1 Å². The number of thioether (sulfide) groups is 1. The fourth-order valence-corrected chi connectivity index (χ4v) is 2.78. The van der Waals surface area contributed by atoms with Crippen molar-refractivity contribution in [2.45, 2.75) is 38.1 Å². The summed E-state index contributed by atoms with van der Waals surface area (Å²) in [7, 11) is 0. The number of hydrogen-bond donors (Lipinski definition) is 0. The Morgan fingerprint density at radius 2 is 2.05 bits per heavy atom. The van der Waals surface area contributed by atoms with Crippen molar-refractivity contribution in [3.63, 3.8) is 0 Å². The zero-order chi connectivity index (χ0) is 14.5. The van der Waals surface area contributed by atoms with Gasteiger partial charge in [-0.25, -0.2) is 0 Å². The van der Waals surface area contributed by atoms with E-state index in [1.165, 1.54) is 10.5 Å². The van der Waals surface area contributed by atoms with Gasteiger partial charge < -0.3 is 0 Å². The molecule has 1 aromatic heterocycles. The van der Waals surface area contributed by atoms with Gasteiger partial charge in [-0.3, -0.25) is 9.48 Å².